The topological polar surface area (TPSA) is 120 Å². The molecule has 134 valence electrons. The summed E-state index contributed by atoms with van der Waals surface area (Å²) in [4.78, 5) is 24.9. The van der Waals surface area contributed by atoms with Crippen LogP contribution in [0.5, 0.6) is 0 Å². The molecule has 1 aromatic heterocycles. The van der Waals surface area contributed by atoms with Crippen LogP contribution in [0.4, 0.5) is 5.69 Å². The van der Waals surface area contributed by atoms with Gasteiger partial charge < -0.3 is 10.6 Å². The highest BCUT2D eigenvalue weighted by Crippen LogP contribution is 2.22. The first kappa shape index (κ1) is 18.8. The van der Waals surface area contributed by atoms with Crippen molar-refractivity contribution >= 4 is 24.0 Å². The Kier molecular flexibility index (Phi) is 5.70. The molecule has 1 aromatic carbocycles. The lowest BCUT2D eigenvalue weighted by molar-refractivity contribution is -0.384. The molecule has 2 aromatic rings. The second-order valence-electron chi connectivity index (χ2n) is 5.74. The van der Waals surface area contributed by atoms with Crippen molar-refractivity contribution in [2.75, 3.05) is 13.1 Å². The predicted molar refractivity (Wildman–Crippen MR) is 93.1 cm³/mol. The lowest BCUT2D eigenvalue weighted by Gasteiger charge is -2.22. The number of amides is 1. The molecule has 1 fully saturated rings. The van der Waals surface area contributed by atoms with Crippen LogP contribution in [-0.2, 0) is 0 Å². The predicted octanol–water partition coefficient (Wildman–Crippen LogP) is 1.47. The number of nitrogens with two attached hydrogens (primary N) is 1. The van der Waals surface area contributed by atoms with Gasteiger partial charge in [-0.15, -0.1) is 17.5 Å². The second-order valence-corrected chi connectivity index (χ2v) is 5.74. The van der Waals surface area contributed by atoms with Crippen molar-refractivity contribution in [1.29, 1.82) is 0 Å². The number of hydrogen-bond acceptors (Lipinski definition) is 6. The Hall–Kier alpha value is -2.52. The summed E-state index contributed by atoms with van der Waals surface area (Å²) in [5.41, 5.74) is 6.96. The van der Waals surface area contributed by atoms with Crippen molar-refractivity contribution in [3.63, 3.8) is 0 Å². The van der Waals surface area contributed by atoms with Crippen LogP contribution < -0.4 is 5.73 Å². The molecule has 9 nitrogen and oxygen atoms in total. The zero-order chi connectivity index (χ0) is 17.3. The van der Waals surface area contributed by atoms with Crippen LogP contribution in [0.25, 0.3) is 5.69 Å². The fourth-order valence-electron chi connectivity index (χ4n) is 2.99. The van der Waals surface area contributed by atoms with Crippen molar-refractivity contribution < 1.29 is 9.72 Å². The number of likely N-dealkylation sites (tertiary alicyclic amines) is 1. The standard InChI is InChI=1S/C15H18N6O3.ClH/c1-10-14(15(22)19-7-3-6-13(19)9-16)17-18-20(10)11-4-2-5-12(8-11)21(23)24;/h2,4-5,8,13H,3,6-7,9,16H2,1H3;1H. The van der Waals surface area contributed by atoms with Crippen LogP contribution in [0.3, 0.4) is 0 Å². The molecule has 0 radical (unpaired) electrons. The molecule has 0 saturated carbocycles. The Morgan fingerprint density at radius 2 is 2.24 bits per heavy atom. The van der Waals surface area contributed by atoms with Gasteiger partial charge in [-0.25, -0.2) is 4.68 Å². The molecule has 1 saturated heterocycles. The number of nitrogens with zero attached hydrogens (tertiary/aromatic N) is 5. The zero-order valence-electron chi connectivity index (χ0n) is 13.7. The van der Waals surface area contributed by atoms with E-state index in [1.165, 1.54) is 16.8 Å². The molecule has 1 aliphatic heterocycles. The van der Waals surface area contributed by atoms with Gasteiger partial charge in [-0.2, -0.15) is 0 Å². The molecule has 25 heavy (non-hydrogen) atoms. The Bertz CT molecular complexity index is 793. The van der Waals surface area contributed by atoms with E-state index >= 15 is 0 Å². The number of carbonyl (C=O) groups excluding carboxylic acids is 1. The van der Waals surface area contributed by atoms with Gasteiger partial charge in [0.05, 0.1) is 16.3 Å². The second kappa shape index (κ2) is 7.58. The number of rotatable bonds is 4. The van der Waals surface area contributed by atoms with Crippen LogP contribution in [-0.4, -0.2) is 49.9 Å². The van der Waals surface area contributed by atoms with E-state index in [2.05, 4.69) is 10.3 Å². The van der Waals surface area contributed by atoms with E-state index in [9.17, 15) is 14.9 Å². The van der Waals surface area contributed by atoms with E-state index in [-0.39, 0.29) is 35.7 Å². The average molecular weight is 367 g/mol. The Balaban J connectivity index is 0.00000225. The number of hydrogen-bond donors (Lipinski definition) is 1. The van der Waals surface area contributed by atoms with E-state index in [1.807, 2.05) is 0 Å². The highest BCUT2D eigenvalue weighted by atomic mass is 35.5. The summed E-state index contributed by atoms with van der Waals surface area (Å²) in [6, 6.07) is 6.08. The molecule has 1 aliphatic rings. The molecule has 10 heteroatoms. The number of nitro groups is 1. The van der Waals surface area contributed by atoms with Crippen LogP contribution >= 0.6 is 12.4 Å². The van der Waals surface area contributed by atoms with Gasteiger partial charge in [0.15, 0.2) is 5.69 Å². The number of non-ortho nitro benzene ring substituents is 1. The summed E-state index contributed by atoms with van der Waals surface area (Å²) >= 11 is 0. The van der Waals surface area contributed by atoms with Crippen molar-refractivity contribution in [3.05, 3.63) is 45.8 Å². The van der Waals surface area contributed by atoms with Crippen molar-refractivity contribution in [2.24, 2.45) is 5.73 Å². The minimum atomic E-state index is -0.474. The van der Waals surface area contributed by atoms with Gasteiger partial charge in [-0.1, -0.05) is 11.3 Å². The third kappa shape index (κ3) is 3.47. The average Bonchev–Trinajstić information content (AvgIpc) is 3.20. The number of nitro benzene ring substituents is 1. The van der Waals surface area contributed by atoms with Gasteiger partial charge in [-0.3, -0.25) is 14.9 Å². The zero-order valence-corrected chi connectivity index (χ0v) is 14.5. The highest BCUT2D eigenvalue weighted by Gasteiger charge is 2.31. The summed E-state index contributed by atoms with van der Waals surface area (Å²) in [5, 5.41) is 18.9. The van der Waals surface area contributed by atoms with Gasteiger partial charge in [0.25, 0.3) is 11.6 Å². The van der Waals surface area contributed by atoms with Crippen molar-refractivity contribution in [3.8, 4) is 5.69 Å². The number of aromatic nitrogens is 3. The number of benzene rings is 1. The lowest BCUT2D eigenvalue weighted by Crippen LogP contribution is -2.40. The van der Waals surface area contributed by atoms with Gasteiger partial charge in [0, 0.05) is 31.3 Å². The molecule has 1 amide bonds. The molecule has 0 bridgehead atoms. The van der Waals surface area contributed by atoms with Crippen LogP contribution in [0.1, 0.15) is 29.0 Å². The van der Waals surface area contributed by atoms with Crippen molar-refractivity contribution in [1.82, 2.24) is 19.9 Å². The molecule has 2 heterocycles. The summed E-state index contributed by atoms with van der Waals surface area (Å²) in [6.07, 6.45) is 1.81. The van der Waals surface area contributed by atoms with Gasteiger partial charge in [-0.05, 0) is 25.8 Å². The van der Waals surface area contributed by atoms with Gasteiger partial charge >= 0.3 is 0 Å². The molecule has 1 unspecified atom stereocenters. The quantitative estimate of drug-likeness (QED) is 0.646. The maximum absolute atomic E-state index is 12.7. The first-order valence-corrected chi connectivity index (χ1v) is 7.71. The molecule has 1 atom stereocenters. The van der Waals surface area contributed by atoms with Crippen LogP contribution in [0.15, 0.2) is 24.3 Å². The summed E-state index contributed by atoms with van der Waals surface area (Å²) in [5.74, 6) is -0.197. The fourth-order valence-corrected chi connectivity index (χ4v) is 2.99. The number of carbonyl (C=O) groups is 1. The van der Waals surface area contributed by atoms with Gasteiger partial charge in [0.1, 0.15) is 0 Å². The normalized spacial score (nSPS) is 16.6. The smallest absolute Gasteiger partial charge is 0.276 e. The van der Waals surface area contributed by atoms with E-state index in [4.69, 9.17) is 5.73 Å². The largest absolute Gasteiger partial charge is 0.333 e. The molecular formula is C15H19ClN6O3. The van der Waals surface area contributed by atoms with Gasteiger partial charge in [0.2, 0.25) is 0 Å². The summed E-state index contributed by atoms with van der Waals surface area (Å²) in [7, 11) is 0. The van der Waals surface area contributed by atoms with E-state index in [0.717, 1.165) is 12.8 Å². The molecule has 0 spiro atoms. The maximum Gasteiger partial charge on any atom is 0.276 e. The first-order valence-electron chi connectivity index (χ1n) is 7.71. The van der Waals surface area contributed by atoms with Crippen molar-refractivity contribution in [2.45, 2.75) is 25.8 Å². The van der Waals surface area contributed by atoms with Crippen LogP contribution in [0.2, 0.25) is 0 Å². The van der Waals surface area contributed by atoms with E-state index in [0.29, 0.717) is 24.5 Å². The lowest BCUT2D eigenvalue weighted by atomic mass is 10.2. The Morgan fingerprint density at radius 1 is 1.48 bits per heavy atom. The highest BCUT2D eigenvalue weighted by molar-refractivity contribution is 5.93. The van der Waals surface area contributed by atoms with E-state index < -0.39 is 4.92 Å². The minimum absolute atomic E-state index is 0. The molecular weight excluding hydrogens is 348 g/mol. The maximum atomic E-state index is 12.7. The molecule has 0 aliphatic carbocycles. The summed E-state index contributed by atoms with van der Waals surface area (Å²) in [6.45, 7) is 2.80. The molecule has 2 N–H and O–H groups in total. The fraction of sp³-hybridized carbons (Fsp3) is 0.400. The Morgan fingerprint density at radius 3 is 2.92 bits per heavy atom. The first-order chi connectivity index (χ1) is 11.5. The monoisotopic (exact) mass is 366 g/mol. The third-order valence-electron chi connectivity index (χ3n) is 4.29. The Labute approximate surface area is 150 Å². The van der Waals surface area contributed by atoms with E-state index in [1.54, 1.807) is 24.0 Å². The minimum Gasteiger partial charge on any atom is -0.333 e. The SMILES string of the molecule is Cc1c(C(=O)N2CCCC2CN)nnn1-c1cccc([N+](=O)[O-])c1.Cl. The summed E-state index contributed by atoms with van der Waals surface area (Å²) < 4.78 is 1.44. The third-order valence-corrected chi connectivity index (χ3v) is 4.29. The number of halogens is 1. The molecule has 3 rings (SSSR count). The van der Waals surface area contributed by atoms with Crippen LogP contribution in [0, 0.1) is 17.0 Å².